The minimum Gasteiger partial charge on any atom is -0.393 e. The van der Waals surface area contributed by atoms with Gasteiger partial charge in [0.05, 0.1) is 23.9 Å². The fraction of sp³-hybridized carbons (Fsp3) is 0.444. The van der Waals surface area contributed by atoms with Gasteiger partial charge in [-0.1, -0.05) is 29.8 Å². The monoisotopic (exact) mass is 349 g/mol. The lowest BCUT2D eigenvalue weighted by atomic mass is 10.1. The Bertz CT molecular complexity index is 725. The molecule has 6 heteroatoms. The van der Waals surface area contributed by atoms with Gasteiger partial charge in [0.1, 0.15) is 0 Å². The highest BCUT2D eigenvalue weighted by atomic mass is 35.5. The van der Waals surface area contributed by atoms with Gasteiger partial charge in [-0.2, -0.15) is 5.10 Å². The minimum absolute atomic E-state index is 0.0731. The van der Waals surface area contributed by atoms with Gasteiger partial charge in [0, 0.05) is 24.3 Å². The van der Waals surface area contributed by atoms with E-state index in [1.165, 1.54) is 0 Å². The summed E-state index contributed by atoms with van der Waals surface area (Å²) in [5.74, 6) is -0.0731. The summed E-state index contributed by atoms with van der Waals surface area (Å²) in [6, 6.07) is 7.62. The first-order valence-electron chi connectivity index (χ1n) is 8.02. The fourth-order valence-corrected chi connectivity index (χ4v) is 2.82. The number of aliphatic hydroxyl groups is 1. The number of hydrogen-bond donors (Lipinski definition) is 1. The predicted octanol–water partition coefficient (Wildman–Crippen LogP) is 3.04. The highest BCUT2D eigenvalue weighted by Gasteiger charge is 2.22. The highest BCUT2D eigenvalue weighted by molar-refractivity contribution is 6.31. The number of amides is 1. The quantitative estimate of drug-likeness (QED) is 0.872. The molecule has 0 bridgehead atoms. The van der Waals surface area contributed by atoms with E-state index in [9.17, 15) is 9.90 Å². The van der Waals surface area contributed by atoms with Crippen LogP contribution in [0.1, 0.15) is 40.7 Å². The molecular formula is C18H24ClN3O2. The number of rotatable bonds is 6. The Balaban J connectivity index is 2.22. The number of benzene rings is 1. The number of nitrogens with zero attached hydrogens (tertiary/aromatic N) is 3. The van der Waals surface area contributed by atoms with Gasteiger partial charge < -0.3 is 10.0 Å². The van der Waals surface area contributed by atoms with Crippen molar-refractivity contribution in [2.24, 2.45) is 0 Å². The molecule has 1 unspecified atom stereocenters. The molecule has 1 heterocycles. The normalized spacial score (nSPS) is 12.2. The molecule has 0 saturated carbocycles. The molecule has 0 fully saturated rings. The van der Waals surface area contributed by atoms with Gasteiger partial charge in [-0.15, -0.1) is 0 Å². The summed E-state index contributed by atoms with van der Waals surface area (Å²) >= 11 is 6.22. The highest BCUT2D eigenvalue weighted by Crippen LogP contribution is 2.20. The first-order valence-corrected chi connectivity index (χ1v) is 8.40. The lowest BCUT2D eigenvalue weighted by Gasteiger charge is -2.18. The smallest absolute Gasteiger partial charge is 0.257 e. The van der Waals surface area contributed by atoms with Crippen LogP contribution in [0.5, 0.6) is 0 Å². The molecule has 1 amide bonds. The zero-order valence-electron chi connectivity index (χ0n) is 14.6. The second-order valence-corrected chi connectivity index (χ2v) is 6.57. The van der Waals surface area contributed by atoms with E-state index in [0.29, 0.717) is 35.8 Å². The van der Waals surface area contributed by atoms with Crippen molar-refractivity contribution >= 4 is 17.5 Å². The van der Waals surface area contributed by atoms with Crippen LogP contribution in [0, 0.1) is 13.8 Å². The Morgan fingerprint density at radius 2 is 2.04 bits per heavy atom. The molecule has 1 N–H and O–H groups in total. The molecule has 2 rings (SSSR count). The maximum Gasteiger partial charge on any atom is 0.257 e. The minimum atomic E-state index is -0.426. The van der Waals surface area contributed by atoms with E-state index < -0.39 is 6.10 Å². The molecule has 5 nitrogen and oxygen atoms in total. The van der Waals surface area contributed by atoms with Crippen LogP contribution in [-0.2, 0) is 6.54 Å². The van der Waals surface area contributed by atoms with E-state index in [4.69, 9.17) is 11.6 Å². The summed E-state index contributed by atoms with van der Waals surface area (Å²) in [5, 5.41) is 14.6. The molecule has 1 aromatic carbocycles. The summed E-state index contributed by atoms with van der Waals surface area (Å²) in [4.78, 5) is 14.3. The Morgan fingerprint density at radius 3 is 2.67 bits per heavy atom. The lowest BCUT2D eigenvalue weighted by molar-refractivity contribution is 0.0767. The average molecular weight is 350 g/mol. The average Bonchev–Trinajstić information content (AvgIpc) is 2.80. The topological polar surface area (TPSA) is 58.4 Å². The lowest BCUT2D eigenvalue weighted by Crippen LogP contribution is -2.30. The van der Waals surface area contributed by atoms with Crippen LogP contribution >= 0.6 is 11.6 Å². The molecule has 0 aliphatic heterocycles. The van der Waals surface area contributed by atoms with Crippen LogP contribution in [0.15, 0.2) is 24.3 Å². The first kappa shape index (κ1) is 18.5. The van der Waals surface area contributed by atoms with E-state index in [1.807, 2.05) is 42.8 Å². The Labute approximate surface area is 147 Å². The third-order valence-electron chi connectivity index (χ3n) is 4.10. The number of aryl methyl sites for hydroxylation is 1. The molecule has 1 aromatic heterocycles. The van der Waals surface area contributed by atoms with E-state index in [0.717, 1.165) is 11.3 Å². The van der Waals surface area contributed by atoms with Crippen LogP contribution in [0.3, 0.4) is 0 Å². The zero-order chi connectivity index (χ0) is 17.9. The van der Waals surface area contributed by atoms with Gasteiger partial charge >= 0.3 is 0 Å². The Morgan fingerprint density at radius 1 is 1.38 bits per heavy atom. The van der Waals surface area contributed by atoms with Crippen molar-refractivity contribution in [3.63, 3.8) is 0 Å². The molecule has 24 heavy (non-hydrogen) atoms. The first-order chi connectivity index (χ1) is 11.3. The summed E-state index contributed by atoms with van der Waals surface area (Å²) in [6.07, 6.45) is 0.124. The van der Waals surface area contributed by atoms with Gasteiger partial charge in [0.25, 0.3) is 5.91 Å². The Hall–Kier alpha value is -1.85. The van der Waals surface area contributed by atoms with Crippen molar-refractivity contribution in [1.82, 2.24) is 14.7 Å². The van der Waals surface area contributed by atoms with Gasteiger partial charge in [-0.25, -0.2) is 0 Å². The summed E-state index contributed by atoms with van der Waals surface area (Å²) in [5.41, 5.74) is 3.11. The van der Waals surface area contributed by atoms with Crippen LogP contribution < -0.4 is 0 Å². The van der Waals surface area contributed by atoms with E-state index >= 15 is 0 Å². The van der Waals surface area contributed by atoms with Crippen molar-refractivity contribution < 1.29 is 9.90 Å². The summed E-state index contributed by atoms with van der Waals surface area (Å²) < 4.78 is 1.81. The second kappa shape index (κ2) is 7.81. The summed E-state index contributed by atoms with van der Waals surface area (Å²) in [7, 11) is 1.75. The second-order valence-electron chi connectivity index (χ2n) is 6.16. The molecule has 0 saturated heterocycles. The van der Waals surface area contributed by atoms with Gasteiger partial charge in [0.15, 0.2) is 0 Å². The van der Waals surface area contributed by atoms with Crippen LogP contribution in [0.2, 0.25) is 5.02 Å². The largest absolute Gasteiger partial charge is 0.393 e. The van der Waals surface area contributed by atoms with Crippen molar-refractivity contribution in [1.29, 1.82) is 0 Å². The third-order valence-corrected chi connectivity index (χ3v) is 4.47. The van der Waals surface area contributed by atoms with Crippen molar-refractivity contribution in [2.75, 3.05) is 13.6 Å². The van der Waals surface area contributed by atoms with Crippen LogP contribution in [-0.4, -0.2) is 45.4 Å². The molecular weight excluding hydrogens is 326 g/mol. The number of carbonyl (C=O) groups is 1. The number of carbonyl (C=O) groups excluding carboxylic acids is 1. The van der Waals surface area contributed by atoms with Gasteiger partial charge in [-0.3, -0.25) is 9.48 Å². The van der Waals surface area contributed by atoms with E-state index in [1.54, 1.807) is 18.9 Å². The standard InChI is InChI=1S/C18H24ClN3O2/c1-12(23)9-10-21(4)18(24)17-13(2)20-22(14(17)3)11-15-7-5-6-8-16(15)19/h5-8,12,23H,9-11H2,1-4H3. The number of hydrogen-bond acceptors (Lipinski definition) is 3. The number of aliphatic hydroxyl groups excluding tert-OH is 1. The number of halogens is 1. The van der Waals surface area contributed by atoms with Crippen LogP contribution in [0.25, 0.3) is 0 Å². The maximum atomic E-state index is 12.7. The van der Waals surface area contributed by atoms with Gasteiger partial charge in [-0.05, 0) is 38.8 Å². The molecule has 1 atom stereocenters. The van der Waals surface area contributed by atoms with E-state index in [-0.39, 0.29) is 5.91 Å². The predicted molar refractivity (Wildman–Crippen MR) is 95.5 cm³/mol. The SMILES string of the molecule is Cc1nn(Cc2ccccc2Cl)c(C)c1C(=O)N(C)CCC(C)O. The zero-order valence-corrected chi connectivity index (χ0v) is 15.3. The molecule has 0 radical (unpaired) electrons. The number of aromatic nitrogens is 2. The van der Waals surface area contributed by atoms with Gasteiger partial charge in [0.2, 0.25) is 0 Å². The molecule has 130 valence electrons. The molecule has 0 aliphatic rings. The van der Waals surface area contributed by atoms with Crippen molar-refractivity contribution in [3.8, 4) is 0 Å². The fourth-order valence-electron chi connectivity index (χ4n) is 2.62. The molecule has 2 aromatic rings. The van der Waals surface area contributed by atoms with Crippen molar-refractivity contribution in [2.45, 2.75) is 39.8 Å². The van der Waals surface area contributed by atoms with E-state index in [2.05, 4.69) is 5.10 Å². The molecule has 0 spiro atoms. The van der Waals surface area contributed by atoms with Crippen molar-refractivity contribution in [3.05, 3.63) is 51.8 Å². The molecule has 0 aliphatic carbocycles. The third kappa shape index (κ3) is 4.16. The summed E-state index contributed by atoms with van der Waals surface area (Å²) in [6.45, 7) is 6.48. The Kier molecular flexibility index (Phi) is 6.02. The maximum absolute atomic E-state index is 12.7. The van der Waals surface area contributed by atoms with Crippen LogP contribution in [0.4, 0.5) is 0 Å².